The number of ether oxygens (including phenoxy) is 2. The van der Waals surface area contributed by atoms with Crippen LogP contribution in [0.25, 0.3) is 38.0 Å². The fourth-order valence-corrected chi connectivity index (χ4v) is 5.32. The molecule has 0 radical (unpaired) electrons. The highest BCUT2D eigenvalue weighted by Crippen LogP contribution is 2.44. The number of aromatic amines is 1. The van der Waals surface area contributed by atoms with Crippen molar-refractivity contribution < 1.29 is 13.9 Å². The second-order valence-electron chi connectivity index (χ2n) is 9.15. The standard InChI is InChI=1S/C28H25FN4O2/c1-30-23-13-24-19(12-20(23)28-22(29)5-4-6-26(28)34-3)21(14-31-24)17-7-8-25-27(11-17)35-16-18-15-32(2)9-10-33(18)25/h4-8,11-14,18,31H,9-10,15-16H2,2-3H3. The number of halogens is 1. The number of likely N-dealkylation sites (N-methyl/N-ethyl adjacent to an activating group) is 1. The highest BCUT2D eigenvalue weighted by molar-refractivity contribution is 6.02. The topological polar surface area (TPSA) is 45.1 Å². The van der Waals surface area contributed by atoms with Crippen LogP contribution in [0.4, 0.5) is 15.8 Å². The largest absolute Gasteiger partial charge is 0.496 e. The summed E-state index contributed by atoms with van der Waals surface area (Å²) < 4.78 is 26.5. The van der Waals surface area contributed by atoms with Gasteiger partial charge in [0.15, 0.2) is 5.69 Å². The molecule has 0 saturated carbocycles. The molecule has 3 heterocycles. The van der Waals surface area contributed by atoms with E-state index in [2.05, 4.69) is 44.9 Å². The molecule has 1 fully saturated rings. The quantitative estimate of drug-likeness (QED) is 0.391. The minimum atomic E-state index is -0.422. The van der Waals surface area contributed by atoms with E-state index in [9.17, 15) is 4.39 Å². The zero-order valence-electron chi connectivity index (χ0n) is 19.6. The van der Waals surface area contributed by atoms with E-state index < -0.39 is 5.82 Å². The molecule has 0 spiro atoms. The Balaban J connectivity index is 1.46. The van der Waals surface area contributed by atoms with Crippen LogP contribution in [0.3, 0.4) is 0 Å². The van der Waals surface area contributed by atoms with Crippen molar-refractivity contribution in [1.82, 2.24) is 9.88 Å². The summed E-state index contributed by atoms with van der Waals surface area (Å²) in [5.41, 5.74) is 5.10. The first-order chi connectivity index (χ1) is 17.1. The number of fused-ring (bicyclic) bond motifs is 4. The molecule has 0 aliphatic carbocycles. The Kier molecular flexibility index (Phi) is 5.12. The van der Waals surface area contributed by atoms with E-state index in [-0.39, 0.29) is 0 Å². The lowest BCUT2D eigenvalue weighted by Crippen LogP contribution is -2.56. The van der Waals surface area contributed by atoms with E-state index in [0.29, 0.717) is 35.2 Å². The molecular weight excluding hydrogens is 443 g/mol. The van der Waals surface area contributed by atoms with Crippen LogP contribution in [0.15, 0.2) is 54.7 Å². The van der Waals surface area contributed by atoms with Crippen molar-refractivity contribution in [2.24, 2.45) is 0 Å². The molecule has 1 N–H and O–H groups in total. The molecule has 3 aromatic carbocycles. The molecule has 4 aromatic rings. The third kappa shape index (κ3) is 3.49. The van der Waals surface area contributed by atoms with Crippen LogP contribution in [-0.2, 0) is 0 Å². The van der Waals surface area contributed by atoms with Gasteiger partial charge in [-0.25, -0.2) is 9.24 Å². The minimum Gasteiger partial charge on any atom is -0.496 e. The number of H-pyrrole nitrogens is 1. The molecule has 0 bridgehead atoms. The van der Waals surface area contributed by atoms with Crippen molar-refractivity contribution in [3.63, 3.8) is 0 Å². The van der Waals surface area contributed by atoms with Crippen molar-refractivity contribution in [3.05, 3.63) is 72.0 Å². The smallest absolute Gasteiger partial charge is 0.197 e. The van der Waals surface area contributed by atoms with Crippen LogP contribution in [0.2, 0.25) is 0 Å². The number of aromatic nitrogens is 1. The Hall–Kier alpha value is -4.02. The fourth-order valence-electron chi connectivity index (χ4n) is 5.32. The summed E-state index contributed by atoms with van der Waals surface area (Å²) in [6.07, 6.45) is 1.93. The maximum absolute atomic E-state index is 14.9. The Morgan fingerprint density at radius 2 is 2.03 bits per heavy atom. The third-order valence-electron chi connectivity index (χ3n) is 7.08. The van der Waals surface area contributed by atoms with Gasteiger partial charge in [0.2, 0.25) is 0 Å². The van der Waals surface area contributed by atoms with Crippen molar-refractivity contribution in [2.75, 3.05) is 45.3 Å². The molecule has 6 rings (SSSR count). The zero-order chi connectivity index (χ0) is 24.1. The second kappa shape index (κ2) is 8.33. The molecule has 2 aliphatic rings. The number of nitrogens with zero attached hydrogens (tertiary/aromatic N) is 3. The van der Waals surface area contributed by atoms with Gasteiger partial charge in [0.05, 0.1) is 25.4 Å². The van der Waals surface area contributed by atoms with Gasteiger partial charge >= 0.3 is 0 Å². The highest BCUT2D eigenvalue weighted by atomic mass is 19.1. The lowest BCUT2D eigenvalue weighted by atomic mass is 9.96. The molecule has 6 nitrogen and oxygen atoms in total. The van der Waals surface area contributed by atoms with Gasteiger partial charge < -0.3 is 24.3 Å². The summed E-state index contributed by atoms with van der Waals surface area (Å²) in [4.78, 5) is 11.8. The van der Waals surface area contributed by atoms with Gasteiger partial charge in [0.1, 0.15) is 23.9 Å². The molecular formula is C28H25FN4O2. The van der Waals surface area contributed by atoms with Gasteiger partial charge in [-0.3, -0.25) is 0 Å². The minimum absolute atomic E-state index is 0.296. The summed E-state index contributed by atoms with van der Waals surface area (Å²) in [5.74, 6) is 0.858. The first-order valence-electron chi connectivity index (χ1n) is 11.6. The Morgan fingerprint density at radius 1 is 1.14 bits per heavy atom. The molecule has 35 heavy (non-hydrogen) atoms. The second-order valence-corrected chi connectivity index (χ2v) is 9.15. The zero-order valence-corrected chi connectivity index (χ0v) is 19.6. The van der Waals surface area contributed by atoms with Gasteiger partial charge in [-0.15, -0.1) is 0 Å². The van der Waals surface area contributed by atoms with Crippen molar-refractivity contribution in [3.8, 4) is 33.8 Å². The molecule has 1 unspecified atom stereocenters. The number of hydrogen-bond acceptors (Lipinski definition) is 4. The fraction of sp³-hybridized carbons (Fsp3) is 0.250. The molecule has 7 heteroatoms. The van der Waals surface area contributed by atoms with Crippen molar-refractivity contribution in [2.45, 2.75) is 6.04 Å². The predicted octanol–water partition coefficient (Wildman–Crippen LogP) is 5.71. The monoisotopic (exact) mass is 468 g/mol. The number of benzene rings is 3. The lowest BCUT2D eigenvalue weighted by Gasteiger charge is -2.44. The first kappa shape index (κ1) is 21.5. The molecule has 2 aliphatic heterocycles. The summed E-state index contributed by atoms with van der Waals surface area (Å²) in [7, 11) is 3.66. The Morgan fingerprint density at radius 3 is 2.86 bits per heavy atom. The van der Waals surface area contributed by atoms with E-state index >= 15 is 0 Å². The van der Waals surface area contributed by atoms with Crippen LogP contribution in [0, 0.1) is 12.4 Å². The summed E-state index contributed by atoms with van der Waals surface area (Å²) in [5, 5.41) is 0.908. The number of rotatable bonds is 3. The van der Waals surface area contributed by atoms with E-state index in [1.165, 1.54) is 13.2 Å². The van der Waals surface area contributed by atoms with E-state index in [0.717, 1.165) is 53.1 Å². The van der Waals surface area contributed by atoms with E-state index in [1.54, 1.807) is 18.2 Å². The van der Waals surface area contributed by atoms with Gasteiger partial charge in [-0.1, -0.05) is 18.2 Å². The Bertz CT molecular complexity index is 1490. The highest BCUT2D eigenvalue weighted by Gasteiger charge is 2.32. The predicted molar refractivity (Wildman–Crippen MR) is 136 cm³/mol. The van der Waals surface area contributed by atoms with Gasteiger partial charge in [-0.2, -0.15) is 0 Å². The number of piperazine rings is 1. The molecule has 1 atom stereocenters. The normalized spacial score (nSPS) is 17.4. The molecule has 1 aromatic heterocycles. The average molecular weight is 469 g/mol. The van der Waals surface area contributed by atoms with Gasteiger partial charge in [-0.05, 0) is 48.5 Å². The first-order valence-corrected chi connectivity index (χ1v) is 11.6. The third-order valence-corrected chi connectivity index (χ3v) is 7.08. The van der Waals surface area contributed by atoms with Crippen LogP contribution in [0.5, 0.6) is 11.5 Å². The van der Waals surface area contributed by atoms with E-state index in [4.69, 9.17) is 16.0 Å². The molecule has 0 amide bonds. The maximum Gasteiger partial charge on any atom is 0.197 e. The summed E-state index contributed by atoms with van der Waals surface area (Å²) in [6, 6.07) is 15.0. The number of hydrogen-bond donors (Lipinski definition) is 1. The molecule has 1 saturated heterocycles. The SMILES string of the molecule is [C-]#[N+]c1cc2[nH]cc(-c3ccc4c(c3)OCC3CN(C)CCN43)c2cc1-c1c(F)cccc1OC. The maximum atomic E-state index is 14.9. The van der Waals surface area contributed by atoms with Crippen molar-refractivity contribution in [1.29, 1.82) is 0 Å². The number of anilines is 1. The van der Waals surface area contributed by atoms with Gasteiger partial charge in [0, 0.05) is 47.9 Å². The Labute approximate surface area is 203 Å². The van der Waals surface area contributed by atoms with Crippen LogP contribution in [-0.4, -0.2) is 56.3 Å². The van der Waals surface area contributed by atoms with Crippen LogP contribution >= 0.6 is 0 Å². The summed E-state index contributed by atoms with van der Waals surface area (Å²) in [6.45, 7) is 11.4. The van der Waals surface area contributed by atoms with E-state index in [1.807, 2.05) is 12.3 Å². The van der Waals surface area contributed by atoms with Crippen LogP contribution in [0.1, 0.15) is 0 Å². The van der Waals surface area contributed by atoms with Gasteiger partial charge in [0.25, 0.3) is 0 Å². The molecule has 176 valence electrons. The number of methoxy groups -OCH3 is 1. The number of nitrogens with one attached hydrogen (secondary N) is 1. The average Bonchev–Trinajstić information content (AvgIpc) is 3.30. The van der Waals surface area contributed by atoms with Crippen molar-refractivity contribution >= 4 is 22.3 Å². The lowest BCUT2D eigenvalue weighted by molar-refractivity contribution is 0.188. The summed E-state index contributed by atoms with van der Waals surface area (Å²) >= 11 is 0. The van der Waals surface area contributed by atoms with Crippen LogP contribution < -0.4 is 14.4 Å².